The maximum absolute atomic E-state index is 11.5. The predicted octanol–water partition coefficient (Wildman–Crippen LogP) is 1.09. The molecule has 0 aliphatic heterocycles. The van der Waals surface area contributed by atoms with Gasteiger partial charge >= 0.3 is 0 Å². The van der Waals surface area contributed by atoms with Gasteiger partial charge < -0.3 is 15.4 Å². The molecule has 0 atom stereocenters. The summed E-state index contributed by atoms with van der Waals surface area (Å²) in [6.07, 6.45) is 0. The molecule has 0 aliphatic carbocycles. The molecular weight excluding hydrogens is 256 g/mol. The summed E-state index contributed by atoms with van der Waals surface area (Å²) < 4.78 is 5.30. The number of nitrogens with one attached hydrogen (secondary N) is 2. The lowest BCUT2D eigenvalue weighted by molar-refractivity contribution is -0.127. The Balaban J connectivity index is 2.05. The minimum atomic E-state index is -0.181. The van der Waals surface area contributed by atoms with Gasteiger partial charge in [-0.3, -0.25) is 9.59 Å². The van der Waals surface area contributed by atoms with Crippen molar-refractivity contribution < 1.29 is 14.3 Å². The Bertz CT molecular complexity index is 418. The zero-order chi connectivity index (χ0) is 14.8. The van der Waals surface area contributed by atoms with E-state index >= 15 is 0 Å². The van der Waals surface area contributed by atoms with Crippen molar-refractivity contribution in [3.05, 3.63) is 35.9 Å². The zero-order valence-electron chi connectivity index (χ0n) is 12.0. The summed E-state index contributed by atoms with van der Waals surface area (Å²) in [6.45, 7) is 4.93. The van der Waals surface area contributed by atoms with Crippen LogP contribution in [0.15, 0.2) is 30.3 Å². The monoisotopic (exact) mass is 278 g/mol. The number of ether oxygens (including phenoxy) is 1. The molecule has 0 radical (unpaired) electrons. The standard InChI is InChI=1S/C15H22N2O3/c1-12(2)15(19)17-9-8-16-14(18)11-20-10-13-6-4-3-5-7-13/h3-7,12H,8-11H2,1-2H3,(H,16,18)(H,17,19). The molecule has 1 aromatic carbocycles. The fourth-order valence-electron chi connectivity index (χ4n) is 1.48. The molecule has 0 saturated carbocycles. The van der Waals surface area contributed by atoms with Crippen LogP contribution in [0.25, 0.3) is 0 Å². The molecule has 1 aromatic rings. The number of carbonyl (C=O) groups excluding carboxylic acids is 2. The molecule has 110 valence electrons. The summed E-state index contributed by atoms with van der Waals surface area (Å²) in [4.78, 5) is 22.7. The smallest absolute Gasteiger partial charge is 0.246 e. The average molecular weight is 278 g/mol. The third kappa shape index (κ3) is 6.89. The molecule has 0 unspecified atom stereocenters. The Hall–Kier alpha value is -1.88. The normalized spacial score (nSPS) is 10.3. The Morgan fingerprint density at radius 1 is 1.10 bits per heavy atom. The van der Waals surface area contributed by atoms with Crippen LogP contribution < -0.4 is 10.6 Å². The minimum Gasteiger partial charge on any atom is -0.367 e. The topological polar surface area (TPSA) is 67.4 Å². The molecular formula is C15H22N2O3. The molecule has 5 heteroatoms. The summed E-state index contributed by atoms with van der Waals surface area (Å²) in [7, 11) is 0. The van der Waals surface area contributed by atoms with Crippen LogP contribution in [0.4, 0.5) is 0 Å². The Morgan fingerprint density at radius 3 is 2.40 bits per heavy atom. The van der Waals surface area contributed by atoms with Crippen molar-refractivity contribution in [2.24, 2.45) is 5.92 Å². The van der Waals surface area contributed by atoms with Crippen LogP contribution in [0, 0.1) is 5.92 Å². The van der Waals surface area contributed by atoms with E-state index in [4.69, 9.17) is 4.74 Å². The highest BCUT2D eigenvalue weighted by Gasteiger charge is 2.05. The highest BCUT2D eigenvalue weighted by atomic mass is 16.5. The molecule has 0 spiro atoms. The first-order valence-corrected chi connectivity index (χ1v) is 6.75. The number of carbonyl (C=O) groups is 2. The van der Waals surface area contributed by atoms with Crippen molar-refractivity contribution >= 4 is 11.8 Å². The molecule has 0 aliphatic rings. The molecule has 0 bridgehead atoms. The maximum Gasteiger partial charge on any atom is 0.246 e. The van der Waals surface area contributed by atoms with E-state index in [1.807, 2.05) is 44.2 Å². The summed E-state index contributed by atoms with van der Waals surface area (Å²) in [5.41, 5.74) is 1.03. The van der Waals surface area contributed by atoms with Gasteiger partial charge in [0.1, 0.15) is 6.61 Å². The van der Waals surface area contributed by atoms with E-state index in [2.05, 4.69) is 10.6 Å². The van der Waals surface area contributed by atoms with Gasteiger partial charge in [-0.2, -0.15) is 0 Å². The summed E-state index contributed by atoms with van der Waals surface area (Å²) >= 11 is 0. The van der Waals surface area contributed by atoms with Crippen molar-refractivity contribution in [1.29, 1.82) is 0 Å². The minimum absolute atomic E-state index is 0.0143. The molecule has 2 N–H and O–H groups in total. The van der Waals surface area contributed by atoms with Crippen LogP contribution in [0.5, 0.6) is 0 Å². The van der Waals surface area contributed by atoms with Gasteiger partial charge in [-0.25, -0.2) is 0 Å². The fraction of sp³-hybridized carbons (Fsp3) is 0.467. The molecule has 0 heterocycles. The molecule has 0 aromatic heterocycles. The van der Waals surface area contributed by atoms with Gasteiger partial charge in [0.2, 0.25) is 11.8 Å². The van der Waals surface area contributed by atoms with Crippen molar-refractivity contribution in [3.8, 4) is 0 Å². The predicted molar refractivity (Wildman–Crippen MR) is 77.0 cm³/mol. The van der Waals surface area contributed by atoms with Crippen molar-refractivity contribution in [3.63, 3.8) is 0 Å². The van der Waals surface area contributed by atoms with Gasteiger partial charge in [0.15, 0.2) is 0 Å². The Labute approximate surface area is 119 Å². The van der Waals surface area contributed by atoms with E-state index in [9.17, 15) is 9.59 Å². The first-order valence-electron chi connectivity index (χ1n) is 6.75. The van der Waals surface area contributed by atoms with Crippen LogP contribution in [0.2, 0.25) is 0 Å². The van der Waals surface area contributed by atoms with Gasteiger partial charge in [0, 0.05) is 19.0 Å². The van der Waals surface area contributed by atoms with Gasteiger partial charge in [0.05, 0.1) is 6.61 Å². The Kier molecular flexibility index (Phi) is 7.35. The molecule has 1 rings (SSSR count). The molecule has 2 amide bonds. The first kappa shape index (κ1) is 16.2. The highest BCUT2D eigenvalue weighted by molar-refractivity contribution is 5.78. The van der Waals surface area contributed by atoms with E-state index in [1.54, 1.807) is 0 Å². The molecule has 20 heavy (non-hydrogen) atoms. The van der Waals surface area contributed by atoms with E-state index < -0.39 is 0 Å². The number of rotatable bonds is 8. The fourth-order valence-corrected chi connectivity index (χ4v) is 1.48. The number of hydrogen-bond acceptors (Lipinski definition) is 3. The average Bonchev–Trinajstić information content (AvgIpc) is 2.44. The zero-order valence-corrected chi connectivity index (χ0v) is 12.0. The van der Waals surface area contributed by atoms with Gasteiger partial charge in [0.25, 0.3) is 0 Å². The first-order chi connectivity index (χ1) is 9.59. The van der Waals surface area contributed by atoms with Gasteiger partial charge in [-0.1, -0.05) is 44.2 Å². The lowest BCUT2D eigenvalue weighted by Crippen LogP contribution is -2.37. The third-order valence-corrected chi connectivity index (χ3v) is 2.62. The van der Waals surface area contributed by atoms with Crippen LogP contribution in [-0.2, 0) is 20.9 Å². The summed E-state index contributed by atoms with van der Waals surface area (Å²) in [6, 6.07) is 9.67. The Morgan fingerprint density at radius 2 is 1.75 bits per heavy atom. The van der Waals surface area contributed by atoms with Crippen LogP contribution in [-0.4, -0.2) is 31.5 Å². The lowest BCUT2D eigenvalue weighted by atomic mass is 10.2. The van der Waals surface area contributed by atoms with Crippen LogP contribution in [0.3, 0.4) is 0 Å². The van der Waals surface area contributed by atoms with E-state index in [0.29, 0.717) is 19.7 Å². The van der Waals surface area contributed by atoms with E-state index in [-0.39, 0.29) is 24.3 Å². The van der Waals surface area contributed by atoms with Crippen molar-refractivity contribution in [1.82, 2.24) is 10.6 Å². The third-order valence-electron chi connectivity index (χ3n) is 2.62. The summed E-state index contributed by atoms with van der Waals surface area (Å²) in [5.74, 6) is -0.237. The number of benzene rings is 1. The molecule has 5 nitrogen and oxygen atoms in total. The number of amides is 2. The van der Waals surface area contributed by atoms with Crippen molar-refractivity contribution in [2.75, 3.05) is 19.7 Å². The van der Waals surface area contributed by atoms with E-state index in [1.165, 1.54) is 0 Å². The lowest BCUT2D eigenvalue weighted by Gasteiger charge is -2.09. The van der Waals surface area contributed by atoms with Crippen LogP contribution >= 0.6 is 0 Å². The maximum atomic E-state index is 11.5. The SMILES string of the molecule is CC(C)C(=O)NCCNC(=O)COCc1ccccc1. The highest BCUT2D eigenvalue weighted by Crippen LogP contribution is 1.99. The summed E-state index contributed by atoms with van der Waals surface area (Å²) in [5, 5.41) is 5.41. The number of hydrogen-bond donors (Lipinski definition) is 2. The second kappa shape index (κ2) is 9.09. The quantitative estimate of drug-likeness (QED) is 0.700. The van der Waals surface area contributed by atoms with Gasteiger partial charge in [-0.05, 0) is 5.56 Å². The largest absolute Gasteiger partial charge is 0.367 e. The van der Waals surface area contributed by atoms with Crippen LogP contribution in [0.1, 0.15) is 19.4 Å². The van der Waals surface area contributed by atoms with Crippen molar-refractivity contribution in [2.45, 2.75) is 20.5 Å². The molecule has 0 saturated heterocycles. The van der Waals surface area contributed by atoms with Gasteiger partial charge in [-0.15, -0.1) is 0 Å². The van der Waals surface area contributed by atoms with E-state index in [0.717, 1.165) is 5.56 Å². The second-order valence-electron chi connectivity index (χ2n) is 4.77. The molecule has 0 fully saturated rings. The second-order valence-corrected chi connectivity index (χ2v) is 4.77.